The van der Waals surface area contributed by atoms with Crippen LogP contribution in [0.1, 0.15) is 30.4 Å². The first kappa shape index (κ1) is 19.1. The van der Waals surface area contributed by atoms with E-state index < -0.39 is 17.7 Å². The molecule has 0 bridgehead atoms. The van der Waals surface area contributed by atoms with Crippen molar-refractivity contribution in [3.05, 3.63) is 35.4 Å². The maximum Gasteiger partial charge on any atom is 0.416 e. The van der Waals surface area contributed by atoms with Gasteiger partial charge in [0.1, 0.15) is 0 Å². The van der Waals surface area contributed by atoms with Crippen molar-refractivity contribution in [2.45, 2.75) is 25.4 Å². The Labute approximate surface area is 127 Å². The van der Waals surface area contributed by atoms with Gasteiger partial charge in [-0.05, 0) is 25.0 Å². The largest absolute Gasteiger partial charge is 0.481 e. The molecule has 0 saturated heterocycles. The van der Waals surface area contributed by atoms with E-state index in [1.165, 1.54) is 18.2 Å². The van der Waals surface area contributed by atoms with Gasteiger partial charge < -0.3 is 4.74 Å². The summed E-state index contributed by atoms with van der Waals surface area (Å²) in [6, 6.07) is 5.22. The summed E-state index contributed by atoms with van der Waals surface area (Å²) in [6.45, 7) is 1.92. The summed E-state index contributed by atoms with van der Waals surface area (Å²) >= 11 is 5.62. The van der Waals surface area contributed by atoms with Crippen molar-refractivity contribution in [2.75, 3.05) is 12.5 Å². The third-order valence-electron chi connectivity index (χ3n) is 2.66. The molecule has 0 spiro atoms. The number of hydrogen-bond acceptors (Lipinski definition) is 2. The molecule has 0 aliphatic heterocycles. The van der Waals surface area contributed by atoms with Crippen LogP contribution in [-0.2, 0) is 10.9 Å². The molecule has 0 aromatic heterocycles. The molecule has 20 heavy (non-hydrogen) atoms. The normalized spacial score (nSPS) is 12.4. The van der Waals surface area contributed by atoms with Crippen LogP contribution in [-0.4, -0.2) is 18.4 Å². The van der Waals surface area contributed by atoms with Crippen molar-refractivity contribution in [3.8, 4) is 0 Å². The summed E-state index contributed by atoms with van der Waals surface area (Å²) in [5, 5.41) is 7.74. The average Bonchev–Trinajstić information content (AvgIpc) is 2.35. The molecular formula is C13H16Cl2F3NO. The number of hydrogen-bond donors (Lipinski definition) is 1. The van der Waals surface area contributed by atoms with Gasteiger partial charge in [-0.25, -0.2) is 0 Å². The Morgan fingerprint density at radius 1 is 1.35 bits per heavy atom. The number of halogens is 5. The lowest BCUT2D eigenvalue weighted by molar-refractivity contribution is -0.138. The van der Waals surface area contributed by atoms with Gasteiger partial charge in [-0.15, -0.1) is 24.0 Å². The zero-order chi connectivity index (χ0) is 14.5. The van der Waals surface area contributed by atoms with Gasteiger partial charge in [0.2, 0.25) is 0 Å². The molecule has 0 aliphatic carbocycles. The maximum atomic E-state index is 13.0. The fourth-order valence-corrected chi connectivity index (χ4v) is 2.07. The molecule has 2 nitrogen and oxygen atoms in total. The fourth-order valence-electron chi connectivity index (χ4n) is 1.85. The Hall–Kier alpha value is -0.940. The Morgan fingerprint density at radius 2 is 1.95 bits per heavy atom. The van der Waals surface area contributed by atoms with E-state index in [1.54, 1.807) is 6.92 Å². The highest BCUT2D eigenvalue weighted by atomic mass is 35.5. The Morgan fingerprint density at radius 3 is 2.45 bits per heavy atom. The molecule has 114 valence electrons. The minimum absolute atomic E-state index is 0. The first-order valence-electron chi connectivity index (χ1n) is 5.85. The Kier molecular flexibility index (Phi) is 7.98. The molecular weight excluding hydrogens is 314 g/mol. The first-order chi connectivity index (χ1) is 8.91. The van der Waals surface area contributed by atoms with Crippen molar-refractivity contribution in [1.29, 1.82) is 5.41 Å². The number of rotatable bonds is 5. The SMILES string of the molecule is CCOC(=N)C(CCCl)c1ccccc1C(F)(F)F.Cl. The van der Waals surface area contributed by atoms with Crippen LogP contribution >= 0.6 is 24.0 Å². The summed E-state index contributed by atoms with van der Waals surface area (Å²) in [7, 11) is 0. The van der Waals surface area contributed by atoms with Crippen molar-refractivity contribution < 1.29 is 17.9 Å². The monoisotopic (exact) mass is 329 g/mol. The third kappa shape index (κ3) is 4.87. The minimum Gasteiger partial charge on any atom is -0.481 e. The van der Waals surface area contributed by atoms with Crippen LogP contribution in [0.3, 0.4) is 0 Å². The van der Waals surface area contributed by atoms with Gasteiger partial charge in [0.15, 0.2) is 5.90 Å². The first-order valence-corrected chi connectivity index (χ1v) is 6.38. The van der Waals surface area contributed by atoms with Gasteiger partial charge in [-0.3, -0.25) is 5.41 Å². The molecule has 1 atom stereocenters. The van der Waals surface area contributed by atoms with E-state index in [2.05, 4.69) is 0 Å². The van der Waals surface area contributed by atoms with E-state index in [0.29, 0.717) is 0 Å². The number of ether oxygens (including phenoxy) is 1. The number of benzene rings is 1. The summed E-state index contributed by atoms with van der Waals surface area (Å²) < 4.78 is 43.9. The van der Waals surface area contributed by atoms with Gasteiger partial charge in [-0.2, -0.15) is 13.2 Å². The third-order valence-corrected chi connectivity index (χ3v) is 2.87. The minimum atomic E-state index is -4.45. The highest BCUT2D eigenvalue weighted by molar-refractivity contribution is 6.18. The second-order valence-corrected chi connectivity index (χ2v) is 4.29. The van der Waals surface area contributed by atoms with E-state index >= 15 is 0 Å². The zero-order valence-electron chi connectivity index (χ0n) is 10.8. The van der Waals surface area contributed by atoms with Gasteiger partial charge in [0.05, 0.1) is 18.1 Å². The molecule has 0 heterocycles. The van der Waals surface area contributed by atoms with E-state index in [4.69, 9.17) is 21.7 Å². The van der Waals surface area contributed by atoms with Crippen LogP contribution in [0.2, 0.25) is 0 Å². The topological polar surface area (TPSA) is 33.1 Å². The molecule has 0 saturated carbocycles. The molecule has 1 aromatic rings. The number of nitrogens with one attached hydrogen (secondary N) is 1. The average molecular weight is 330 g/mol. The van der Waals surface area contributed by atoms with E-state index in [1.807, 2.05) is 0 Å². The van der Waals surface area contributed by atoms with Crippen LogP contribution in [0.15, 0.2) is 24.3 Å². The number of alkyl halides is 4. The van der Waals surface area contributed by atoms with Crippen molar-refractivity contribution in [3.63, 3.8) is 0 Å². The van der Waals surface area contributed by atoms with Crippen LogP contribution in [0.5, 0.6) is 0 Å². The van der Waals surface area contributed by atoms with Crippen LogP contribution in [0.4, 0.5) is 13.2 Å². The molecule has 1 N–H and O–H groups in total. The Bertz CT molecular complexity index is 438. The van der Waals surface area contributed by atoms with Crippen molar-refractivity contribution in [2.24, 2.45) is 0 Å². The summed E-state index contributed by atoms with van der Waals surface area (Å²) in [5.74, 6) is -0.790. The van der Waals surface area contributed by atoms with Crippen molar-refractivity contribution >= 4 is 29.9 Å². The standard InChI is InChI=1S/C13H15ClF3NO.ClH/c1-2-19-12(18)10(7-8-14)9-5-3-4-6-11(9)13(15,16)17;/h3-6,10,18H,2,7-8H2,1H3;1H. The predicted molar refractivity (Wildman–Crippen MR) is 76.1 cm³/mol. The quantitative estimate of drug-likeness (QED) is 0.467. The Balaban J connectivity index is 0.00000361. The molecule has 0 amide bonds. The lowest BCUT2D eigenvalue weighted by Crippen LogP contribution is -2.20. The lowest BCUT2D eigenvalue weighted by atomic mass is 9.91. The molecule has 1 rings (SSSR count). The van der Waals surface area contributed by atoms with E-state index in [-0.39, 0.29) is 42.8 Å². The van der Waals surface area contributed by atoms with Crippen LogP contribution in [0.25, 0.3) is 0 Å². The smallest absolute Gasteiger partial charge is 0.416 e. The lowest BCUT2D eigenvalue weighted by Gasteiger charge is -2.21. The molecule has 0 radical (unpaired) electrons. The molecule has 0 aliphatic rings. The fraction of sp³-hybridized carbons (Fsp3) is 0.462. The van der Waals surface area contributed by atoms with Gasteiger partial charge in [-0.1, -0.05) is 18.2 Å². The second kappa shape index (κ2) is 8.37. The van der Waals surface area contributed by atoms with Crippen molar-refractivity contribution in [1.82, 2.24) is 0 Å². The zero-order valence-corrected chi connectivity index (χ0v) is 12.4. The highest BCUT2D eigenvalue weighted by Gasteiger charge is 2.36. The molecule has 1 unspecified atom stereocenters. The van der Waals surface area contributed by atoms with E-state index in [9.17, 15) is 13.2 Å². The molecule has 1 aromatic carbocycles. The maximum absolute atomic E-state index is 13.0. The van der Waals surface area contributed by atoms with Gasteiger partial charge in [0, 0.05) is 5.88 Å². The van der Waals surface area contributed by atoms with Crippen LogP contribution < -0.4 is 0 Å². The summed E-state index contributed by atoms with van der Waals surface area (Å²) in [6.07, 6.45) is -4.22. The van der Waals surface area contributed by atoms with E-state index in [0.717, 1.165) is 6.07 Å². The second-order valence-electron chi connectivity index (χ2n) is 3.91. The molecule has 0 fully saturated rings. The van der Waals surface area contributed by atoms with Gasteiger partial charge >= 0.3 is 6.18 Å². The highest BCUT2D eigenvalue weighted by Crippen LogP contribution is 2.36. The predicted octanol–water partition coefficient (Wildman–Crippen LogP) is 4.85. The molecule has 7 heteroatoms. The van der Waals surface area contributed by atoms with Gasteiger partial charge in [0.25, 0.3) is 0 Å². The summed E-state index contributed by atoms with van der Waals surface area (Å²) in [4.78, 5) is 0. The summed E-state index contributed by atoms with van der Waals surface area (Å²) in [5.41, 5.74) is -0.705. The van der Waals surface area contributed by atoms with Crippen LogP contribution in [0, 0.1) is 5.41 Å².